The first-order chi connectivity index (χ1) is 5.43. The lowest BCUT2D eigenvalue weighted by Crippen LogP contribution is -2.47. The standard InChI is InChI=1S/C6H9F3N2O/c7-6(8,9)11-3-1-2-4(11)5(10)12/h4H,1-3H2,(H2,10,12)/t4-/m0/s1. The molecule has 6 heteroatoms. The minimum Gasteiger partial charge on any atom is -0.368 e. The van der Waals surface area contributed by atoms with Gasteiger partial charge in [0.15, 0.2) is 0 Å². The van der Waals surface area contributed by atoms with E-state index < -0.39 is 18.2 Å². The summed E-state index contributed by atoms with van der Waals surface area (Å²) in [7, 11) is 0. The number of halogens is 3. The maximum Gasteiger partial charge on any atom is 0.460 e. The Kier molecular flexibility index (Phi) is 2.27. The second kappa shape index (κ2) is 2.93. The Morgan fingerprint density at radius 3 is 2.42 bits per heavy atom. The quantitative estimate of drug-likeness (QED) is 0.598. The molecule has 0 spiro atoms. The summed E-state index contributed by atoms with van der Waals surface area (Å²) < 4.78 is 36.3. The van der Waals surface area contributed by atoms with Gasteiger partial charge in [0, 0.05) is 6.54 Å². The van der Waals surface area contributed by atoms with E-state index >= 15 is 0 Å². The zero-order chi connectivity index (χ0) is 9.35. The van der Waals surface area contributed by atoms with E-state index in [9.17, 15) is 18.0 Å². The van der Waals surface area contributed by atoms with Gasteiger partial charge in [-0.25, -0.2) is 4.90 Å². The van der Waals surface area contributed by atoms with Crippen molar-refractivity contribution < 1.29 is 18.0 Å². The van der Waals surface area contributed by atoms with E-state index in [1.807, 2.05) is 0 Å². The summed E-state index contributed by atoms with van der Waals surface area (Å²) >= 11 is 0. The summed E-state index contributed by atoms with van der Waals surface area (Å²) in [4.78, 5) is 10.7. The number of primary amides is 1. The van der Waals surface area contributed by atoms with Crippen LogP contribution in [0.1, 0.15) is 12.8 Å². The van der Waals surface area contributed by atoms with E-state index in [0.29, 0.717) is 6.42 Å². The maximum atomic E-state index is 12.1. The molecule has 0 bridgehead atoms. The molecule has 70 valence electrons. The maximum absolute atomic E-state index is 12.1. The Bertz CT molecular complexity index is 192. The number of hydrogen-bond donors (Lipinski definition) is 1. The first kappa shape index (κ1) is 9.31. The van der Waals surface area contributed by atoms with Crippen LogP contribution in [0.5, 0.6) is 0 Å². The second-order valence-electron chi connectivity index (χ2n) is 2.72. The number of alkyl halides is 3. The number of likely N-dealkylation sites (tertiary alicyclic amines) is 1. The van der Waals surface area contributed by atoms with Gasteiger partial charge in [0.2, 0.25) is 5.91 Å². The molecule has 1 aliphatic rings. The monoisotopic (exact) mass is 182 g/mol. The van der Waals surface area contributed by atoms with E-state index in [1.165, 1.54) is 0 Å². The summed E-state index contributed by atoms with van der Waals surface area (Å²) in [5, 5.41) is 0. The van der Waals surface area contributed by atoms with Crippen molar-refractivity contribution >= 4 is 5.91 Å². The molecule has 1 amide bonds. The smallest absolute Gasteiger partial charge is 0.368 e. The highest BCUT2D eigenvalue weighted by molar-refractivity contribution is 5.80. The molecular weight excluding hydrogens is 173 g/mol. The Labute approximate surface area is 67.3 Å². The average molecular weight is 182 g/mol. The van der Waals surface area contributed by atoms with E-state index in [4.69, 9.17) is 5.73 Å². The Morgan fingerprint density at radius 2 is 2.08 bits per heavy atom. The minimum atomic E-state index is -4.43. The van der Waals surface area contributed by atoms with E-state index in [0.717, 1.165) is 0 Å². The van der Waals surface area contributed by atoms with Gasteiger partial charge in [0.25, 0.3) is 0 Å². The van der Waals surface area contributed by atoms with Crippen LogP contribution in [-0.4, -0.2) is 29.7 Å². The molecular formula is C6H9F3N2O. The van der Waals surface area contributed by atoms with Gasteiger partial charge in [-0.15, -0.1) is 0 Å². The van der Waals surface area contributed by atoms with Gasteiger partial charge in [-0.2, -0.15) is 13.2 Å². The number of carbonyl (C=O) groups excluding carboxylic acids is 1. The van der Waals surface area contributed by atoms with Crippen LogP contribution >= 0.6 is 0 Å². The molecule has 0 aromatic heterocycles. The molecule has 1 aliphatic heterocycles. The number of nitrogens with zero attached hydrogens (tertiary/aromatic N) is 1. The fourth-order valence-corrected chi connectivity index (χ4v) is 1.37. The van der Waals surface area contributed by atoms with Crippen LogP contribution in [0.25, 0.3) is 0 Å². The van der Waals surface area contributed by atoms with Crippen LogP contribution in [0.2, 0.25) is 0 Å². The van der Waals surface area contributed by atoms with Gasteiger partial charge in [-0.05, 0) is 12.8 Å². The second-order valence-corrected chi connectivity index (χ2v) is 2.72. The zero-order valence-corrected chi connectivity index (χ0v) is 6.27. The number of amides is 1. The van der Waals surface area contributed by atoms with Gasteiger partial charge >= 0.3 is 6.30 Å². The average Bonchev–Trinajstić information content (AvgIpc) is 2.30. The molecule has 1 heterocycles. The SMILES string of the molecule is NC(=O)[C@@H]1CCCN1C(F)(F)F. The van der Waals surface area contributed by atoms with Gasteiger partial charge < -0.3 is 5.73 Å². The van der Waals surface area contributed by atoms with Gasteiger partial charge in [-0.1, -0.05) is 0 Å². The van der Waals surface area contributed by atoms with Crippen molar-refractivity contribution in [2.75, 3.05) is 6.54 Å². The van der Waals surface area contributed by atoms with Crippen LogP contribution in [0.15, 0.2) is 0 Å². The molecule has 0 saturated carbocycles. The molecule has 0 aliphatic carbocycles. The van der Waals surface area contributed by atoms with Gasteiger partial charge in [0.05, 0.1) is 6.04 Å². The van der Waals surface area contributed by atoms with E-state index in [-0.39, 0.29) is 17.9 Å². The van der Waals surface area contributed by atoms with Gasteiger partial charge in [0.1, 0.15) is 0 Å². The molecule has 1 atom stereocenters. The van der Waals surface area contributed by atoms with Gasteiger partial charge in [-0.3, -0.25) is 4.79 Å². The van der Waals surface area contributed by atoms with Crippen LogP contribution in [-0.2, 0) is 4.79 Å². The summed E-state index contributed by atoms with van der Waals surface area (Å²) in [5.41, 5.74) is 4.80. The fraction of sp³-hybridized carbons (Fsp3) is 0.833. The lowest BCUT2D eigenvalue weighted by molar-refractivity contribution is -0.248. The van der Waals surface area contributed by atoms with Crippen LogP contribution in [0.3, 0.4) is 0 Å². The van der Waals surface area contributed by atoms with Crippen LogP contribution in [0, 0.1) is 0 Å². The molecule has 2 N–H and O–H groups in total. The highest BCUT2D eigenvalue weighted by atomic mass is 19.4. The predicted octanol–water partition coefficient (Wildman–Crippen LogP) is 0.456. The molecule has 0 aromatic rings. The molecule has 12 heavy (non-hydrogen) atoms. The molecule has 1 saturated heterocycles. The zero-order valence-electron chi connectivity index (χ0n) is 6.27. The van der Waals surface area contributed by atoms with Crippen molar-refractivity contribution in [1.29, 1.82) is 0 Å². The lowest BCUT2D eigenvalue weighted by Gasteiger charge is -2.23. The number of rotatable bonds is 1. The third-order valence-electron chi connectivity index (χ3n) is 1.91. The number of carbonyl (C=O) groups is 1. The molecule has 1 rings (SSSR count). The Morgan fingerprint density at radius 1 is 1.50 bits per heavy atom. The summed E-state index contributed by atoms with van der Waals surface area (Å²) in [6.45, 7) is -0.128. The van der Waals surface area contributed by atoms with E-state index in [1.54, 1.807) is 0 Å². The summed E-state index contributed by atoms with van der Waals surface area (Å²) in [6, 6.07) is -1.16. The molecule has 0 unspecified atom stereocenters. The first-order valence-corrected chi connectivity index (χ1v) is 3.55. The lowest BCUT2D eigenvalue weighted by atomic mass is 10.2. The highest BCUT2D eigenvalue weighted by Gasteiger charge is 2.46. The Hall–Kier alpha value is -0.780. The van der Waals surface area contributed by atoms with Crippen LogP contribution < -0.4 is 5.73 Å². The van der Waals surface area contributed by atoms with Crippen LogP contribution in [0.4, 0.5) is 13.2 Å². The van der Waals surface area contributed by atoms with Crippen molar-refractivity contribution in [2.45, 2.75) is 25.2 Å². The van der Waals surface area contributed by atoms with Crippen molar-refractivity contribution in [1.82, 2.24) is 4.90 Å². The molecule has 1 fully saturated rings. The normalized spacial score (nSPS) is 26.1. The predicted molar refractivity (Wildman–Crippen MR) is 35.0 cm³/mol. The Balaban J connectivity index is 2.71. The third kappa shape index (κ3) is 1.69. The van der Waals surface area contributed by atoms with E-state index in [2.05, 4.69) is 0 Å². The first-order valence-electron chi connectivity index (χ1n) is 3.55. The fourth-order valence-electron chi connectivity index (χ4n) is 1.37. The molecule has 0 radical (unpaired) electrons. The topological polar surface area (TPSA) is 46.3 Å². The summed E-state index contributed by atoms with van der Waals surface area (Å²) in [6.07, 6.45) is -3.86. The van der Waals surface area contributed by atoms with Crippen molar-refractivity contribution in [3.8, 4) is 0 Å². The summed E-state index contributed by atoms with van der Waals surface area (Å²) in [5.74, 6) is -0.898. The third-order valence-corrected chi connectivity index (χ3v) is 1.91. The van der Waals surface area contributed by atoms with Crippen molar-refractivity contribution in [2.24, 2.45) is 5.73 Å². The molecule has 0 aromatic carbocycles. The number of nitrogens with two attached hydrogens (primary N) is 1. The molecule has 3 nitrogen and oxygen atoms in total. The van der Waals surface area contributed by atoms with Crippen molar-refractivity contribution in [3.05, 3.63) is 0 Å². The number of hydrogen-bond acceptors (Lipinski definition) is 2. The minimum absolute atomic E-state index is 0.128. The highest BCUT2D eigenvalue weighted by Crippen LogP contribution is 2.30. The van der Waals surface area contributed by atoms with Crippen molar-refractivity contribution in [3.63, 3.8) is 0 Å². The largest absolute Gasteiger partial charge is 0.460 e.